The van der Waals surface area contributed by atoms with Gasteiger partial charge < -0.3 is 4.79 Å². The molecule has 2 aromatic rings. The van der Waals surface area contributed by atoms with Crippen LogP contribution in [0.25, 0.3) is 0 Å². The van der Waals surface area contributed by atoms with Crippen LogP contribution in [0.15, 0.2) is 61.2 Å². The standard InChI is InChI=1S/C19H18O/c1-2-13-19(14-20)17-9-5-3-7-15(17)11-12-16-8-4-6-10-18(16)19/h2-10,14H,1,11-13H2. The van der Waals surface area contributed by atoms with Crippen LogP contribution in [0.5, 0.6) is 0 Å². The van der Waals surface area contributed by atoms with Crippen molar-refractivity contribution in [2.24, 2.45) is 0 Å². The lowest BCUT2D eigenvalue weighted by Crippen LogP contribution is -2.30. The normalized spacial score (nSPS) is 15.6. The van der Waals surface area contributed by atoms with Gasteiger partial charge in [-0.3, -0.25) is 0 Å². The molecule has 1 heteroatoms. The lowest BCUT2D eigenvalue weighted by molar-refractivity contribution is -0.111. The second-order valence-corrected chi connectivity index (χ2v) is 5.40. The summed E-state index contributed by atoms with van der Waals surface area (Å²) in [5.74, 6) is 0. The third kappa shape index (κ3) is 1.82. The smallest absolute Gasteiger partial charge is 0.135 e. The van der Waals surface area contributed by atoms with Crippen LogP contribution in [0.1, 0.15) is 28.7 Å². The average molecular weight is 262 g/mol. The minimum atomic E-state index is -0.578. The van der Waals surface area contributed by atoms with E-state index in [9.17, 15) is 4.79 Å². The number of fused-ring (bicyclic) bond motifs is 2. The van der Waals surface area contributed by atoms with Crippen molar-refractivity contribution >= 4 is 6.29 Å². The van der Waals surface area contributed by atoms with Crippen LogP contribution in [0.4, 0.5) is 0 Å². The zero-order valence-corrected chi connectivity index (χ0v) is 11.5. The first-order chi connectivity index (χ1) is 9.81. The summed E-state index contributed by atoms with van der Waals surface area (Å²) in [6, 6.07) is 16.6. The van der Waals surface area contributed by atoms with Gasteiger partial charge in [-0.15, -0.1) is 6.58 Å². The lowest BCUT2D eigenvalue weighted by Gasteiger charge is -2.30. The van der Waals surface area contributed by atoms with Crippen molar-refractivity contribution in [2.75, 3.05) is 0 Å². The van der Waals surface area contributed by atoms with Gasteiger partial charge in [0.25, 0.3) is 0 Å². The van der Waals surface area contributed by atoms with Crippen molar-refractivity contribution in [3.8, 4) is 0 Å². The highest BCUT2D eigenvalue weighted by Crippen LogP contribution is 2.40. The molecule has 0 atom stereocenters. The fourth-order valence-electron chi connectivity index (χ4n) is 3.38. The molecule has 3 rings (SSSR count). The van der Waals surface area contributed by atoms with Crippen LogP contribution >= 0.6 is 0 Å². The fraction of sp³-hybridized carbons (Fsp3) is 0.211. The Bertz CT molecular complexity index is 607. The van der Waals surface area contributed by atoms with Crippen LogP contribution in [0, 0.1) is 0 Å². The van der Waals surface area contributed by atoms with E-state index in [-0.39, 0.29) is 0 Å². The Morgan fingerprint density at radius 1 is 0.950 bits per heavy atom. The maximum Gasteiger partial charge on any atom is 0.135 e. The predicted octanol–water partition coefficient (Wildman–Crippen LogP) is 3.85. The van der Waals surface area contributed by atoms with Crippen LogP contribution in [-0.2, 0) is 23.1 Å². The molecule has 100 valence electrons. The molecule has 0 N–H and O–H groups in total. The van der Waals surface area contributed by atoms with Crippen LogP contribution in [0.3, 0.4) is 0 Å². The zero-order valence-electron chi connectivity index (χ0n) is 11.5. The number of hydrogen-bond donors (Lipinski definition) is 0. The number of hydrogen-bond acceptors (Lipinski definition) is 1. The maximum atomic E-state index is 12.1. The lowest BCUT2D eigenvalue weighted by atomic mass is 9.71. The molecule has 2 aromatic carbocycles. The van der Waals surface area contributed by atoms with Crippen molar-refractivity contribution in [2.45, 2.75) is 24.7 Å². The Labute approximate surface area is 120 Å². The highest BCUT2D eigenvalue weighted by atomic mass is 16.1. The van der Waals surface area contributed by atoms with E-state index in [1.54, 1.807) is 0 Å². The van der Waals surface area contributed by atoms with Gasteiger partial charge in [-0.1, -0.05) is 54.6 Å². The van der Waals surface area contributed by atoms with Gasteiger partial charge in [-0.2, -0.15) is 0 Å². The number of allylic oxidation sites excluding steroid dienone is 1. The largest absolute Gasteiger partial charge is 0.302 e. The summed E-state index contributed by atoms with van der Waals surface area (Å²) in [6.07, 6.45) is 5.58. The second kappa shape index (κ2) is 5.09. The summed E-state index contributed by atoms with van der Waals surface area (Å²) in [6.45, 7) is 3.87. The van der Waals surface area contributed by atoms with Gasteiger partial charge in [0.15, 0.2) is 0 Å². The van der Waals surface area contributed by atoms with Crippen LogP contribution < -0.4 is 0 Å². The van der Waals surface area contributed by atoms with E-state index >= 15 is 0 Å². The number of aldehydes is 1. The van der Waals surface area contributed by atoms with Crippen molar-refractivity contribution < 1.29 is 4.79 Å². The Kier molecular flexibility index (Phi) is 3.27. The van der Waals surface area contributed by atoms with E-state index < -0.39 is 5.41 Å². The third-order valence-corrected chi connectivity index (χ3v) is 4.33. The summed E-state index contributed by atoms with van der Waals surface area (Å²) in [7, 11) is 0. The quantitative estimate of drug-likeness (QED) is 0.606. The van der Waals surface area contributed by atoms with Crippen LogP contribution in [0.2, 0.25) is 0 Å². The monoisotopic (exact) mass is 262 g/mol. The minimum absolute atomic E-state index is 0.578. The molecule has 0 fully saturated rings. The van der Waals surface area contributed by atoms with E-state index in [1.165, 1.54) is 11.1 Å². The molecule has 0 bridgehead atoms. The SMILES string of the molecule is C=CCC1(C=O)c2ccccc2CCc2ccccc21. The van der Waals surface area contributed by atoms with Crippen molar-refractivity contribution in [1.29, 1.82) is 0 Å². The summed E-state index contributed by atoms with van der Waals surface area (Å²) in [4.78, 5) is 12.1. The molecule has 0 heterocycles. The minimum Gasteiger partial charge on any atom is -0.302 e. The molecular weight excluding hydrogens is 244 g/mol. The van der Waals surface area contributed by atoms with Gasteiger partial charge in [-0.25, -0.2) is 0 Å². The van der Waals surface area contributed by atoms with Gasteiger partial charge in [0.05, 0.1) is 5.41 Å². The topological polar surface area (TPSA) is 17.1 Å². The molecule has 0 radical (unpaired) electrons. The predicted molar refractivity (Wildman–Crippen MR) is 82.0 cm³/mol. The second-order valence-electron chi connectivity index (χ2n) is 5.40. The van der Waals surface area contributed by atoms with Gasteiger partial charge in [0.1, 0.15) is 6.29 Å². The van der Waals surface area contributed by atoms with Crippen LogP contribution in [-0.4, -0.2) is 6.29 Å². The molecule has 0 aliphatic heterocycles. The zero-order chi connectivity index (χ0) is 14.0. The Morgan fingerprint density at radius 3 is 1.90 bits per heavy atom. The number of aryl methyl sites for hydroxylation is 2. The molecule has 0 aromatic heterocycles. The molecule has 20 heavy (non-hydrogen) atoms. The fourth-order valence-corrected chi connectivity index (χ4v) is 3.38. The summed E-state index contributed by atoms with van der Waals surface area (Å²) < 4.78 is 0. The van der Waals surface area contributed by atoms with Crippen molar-refractivity contribution in [3.05, 3.63) is 83.4 Å². The Morgan fingerprint density at radius 2 is 1.45 bits per heavy atom. The Hall–Kier alpha value is -2.15. The number of carbonyl (C=O) groups is 1. The highest BCUT2D eigenvalue weighted by molar-refractivity contribution is 5.78. The van der Waals surface area contributed by atoms with E-state index in [4.69, 9.17) is 0 Å². The van der Waals surface area contributed by atoms with Crippen molar-refractivity contribution in [3.63, 3.8) is 0 Å². The third-order valence-electron chi connectivity index (χ3n) is 4.33. The summed E-state index contributed by atoms with van der Waals surface area (Å²) in [5.41, 5.74) is 4.25. The van der Waals surface area contributed by atoms with E-state index in [0.717, 1.165) is 30.3 Å². The molecule has 1 aliphatic carbocycles. The molecule has 0 amide bonds. The first-order valence-electron chi connectivity index (χ1n) is 7.06. The van der Waals surface area contributed by atoms with Gasteiger partial charge >= 0.3 is 0 Å². The van der Waals surface area contributed by atoms with Crippen molar-refractivity contribution in [1.82, 2.24) is 0 Å². The van der Waals surface area contributed by atoms with E-state index in [2.05, 4.69) is 43.0 Å². The molecule has 1 nitrogen and oxygen atoms in total. The molecule has 0 unspecified atom stereocenters. The maximum absolute atomic E-state index is 12.1. The average Bonchev–Trinajstić information content (AvgIpc) is 2.64. The van der Waals surface area contributed by atoms with Gasteiger partial charge in [0.2, 0.25) is 0 Å². The summed E-state index contributed by atoms with van der Waals surface area (Å²) >= 11 is 0. The number of rotatable bonds is 3. The highest BCUT2D eigenvalue weighted by Gasteiger charge is 2.37. The number of carbonyl (C=O) groups excluding carboxylic acids is 1. The molecule has 0 spiro atoms. The Balaban J connectivity index is 2.34. The van der Waals surface area contributed by atoms with Gasteiger partial charge in [0, 0.05) is 0 Å². The summed E-state index contributed by atoms with van der Waals surface area (Å²) in [5, 5.41) is 0. The first-order valence-corrected chi connectivity index (χ1v) is 7.06. The first kappa shape index (κ1) is 12.9. The molecule has 0 saturated heterocycles. The molecule has 0 saturated carbocycles. The van der Waals surface area contributed by atoms with E-state index in [0.29, 0.717) is 6.42 Å². The van der Waals surface area contributed by atoms with Gasteiger partial charge in [-0.05, 0) is 41.5 Å². The molecular formula is C19H18O. The van der Waals surface area contributed by atoms with E-state index in [1.807, 2.05) is 18.2 Å². The molecule has 1 aliphatic rings. The number of benzene rings is 2.